The maximum absolute atomic E-state index is 10.5. The number of carboxylic acid groups (broad SMARTS) is 1. The van der Waals surface area contributed by atoms with Crippen LogP contribution in [0.15, 0.2) is 18.2 Å². The largest absolute Gasteiger partial charge is 0.493 e. The number of nitrogens with two attached hydrogens (primary N) is 1. The highest BCUT2D eigenvalue weighted by atomic mass is 16.5. The lowest BCUT2D eigenvalue weighted by Gasteiger charge is -2.17. The molecule has 0 aliphatic rings. The van der Waals surface area contributed by atoms with Crippen molar-refractivity contribution in [3.05, 3.63) is 23.8 Å². The lowest BCUT2D eigenvalue weighted by molar-refractivity contribution is -0.137. The maximum Gasteiger partial charge on any atom is 0.303 e. The van der Waals surface area contributed by atoms with E-state index in [1.165, 1.54) is 0 Å². The first-order valence-electron chi connectivity index (χ1n) is 6.26. The van der Waals surface area contributed by atoms with Crippen LogP contribution in [0, 0.1) is 0 Å². The van der Waals surface area contributed by atoms with Crippen LogP contribution in [0.5, 0.6) is 11.5 Å². The number of ether oxygens (including phenoxy) is 2. The van der Waals surface area contributed by atoms with Crippen LogP contribution in [0.4, 0.5) is 0 Å². The van der Waals surface area contributed by atoms with Crippen molar-refractivity contribution in [1.29, 1.82) is 0 Å². The third-order valence-corrected chi connectivity index (χ3v) is 2.65. The minimum absolute atomic E-state index is 0.0272. The molecular weight excluding hydrogens is 246 g/mol. The van der Waals surface area contributed by atoms with E-state index in [0.29, 0.717) is 17.9 Å². The molecule has 106 valence electrons. The Bertz CT molecular complexity index is 431. The molecule has 0 aliphatic carbocycles. The van der Waals surface area contributed by atoms with Gasteiger partial charge in [-0.05, 0) is 38.0 Å². The summed E-state index contributed by atoms with van der Waals surface area (Å²) < 4.78 is 10.9. The molecule has 0 spiro atoms. The molecule has 5 nitrogen and oxygen atoms in total. The van der Waals surface area contributed by atoms with E-state index in [1.807, 2.05) is 26.0 Å². The van der Waals surface area contributed by atoms with E-state index in [-0.39, 0.29) is 18.6 Å². The normalized spacial score (nSPS) is 12.3. The molecule has 0 amide bonds. The van der Waals surface area contributed by atoms with Crippen molar-refractivity contribution in [2.24, 2.45) is 5.73 Å². The molecule has 0 radical (unpaired) electrons. The Kier molecular flexibility index (Phi) is 5.63. The molecule has 5 heteroatoms. The molecule has 1 aromatic rings. The number of rotatable bonds is 7. The highest BCUT2D eigenvalue weighted by Crippen LogP contribution is 2.31. The molecule has 0 aromatic heterocycles. The van der Waals surface area contributed by atoms with E-state index in [2.05, 4.69) is 0 Å². The van der Waals surface area contributed by atoms with Gasteiger partial charge in [-0.2, -0.15) is 0 Å². The summed E-state index contributed by atoms with van der Waals surface area (Å²) in [6.45, 7) is 3.85. The van der Waals surface area contributed by atoms with E-state index < -0.39 is 5.97 Å². The van der Waals surface area contributed by atoms with Gasteiger partial charge in [0.25, 0.3) is 0 Å². The standard InChI is InChI=1S/C14H21NO4/c1-9(2)19-13-8-10(4-6-12(13)18-3)11(15)5-7-14(16)17/h4,6,8-9,11H,5,7,15H2,1-3H3,(H,16,17)/t11-/m1/s1. The molecule has 1 atom stereocenters. The van der Waals surface area contributed by atoms with Crippen molar-refractivity contribution in [3.63, 3.8) is 0 Å². The Morgan fingerprint density at radius 2 is 2.05 bits per heavy atom. The highest BCUT2D eigenvalue weighted by molar-refractivity contribution is 5.66. The Hall–Kier alpha value is -1.75. The molecule has 0 heterocycles. The summed E-state index contributed by atoms with van der Waals surface area (Å²) in [7, 11) is 1.58. The van der Waals surface area contributed by atoms with Gasteiger partial charge in [-0.3, -0.25) is 4.79 Å². The van der Waals surface area contributed by atoms with E-state index in [9.17, 15) is 4.79 Å². The molecule has 3 N–H and O–H groups in total. The van der Waals surface area contributed by atoms with Crippen LogP contribution < -0.4 is 15.2 Å². The van der Waals surface area contributed by atoms with Crippen LogP contribution in [0.2, 0.25) is 0 Å². The number of hydrogen-bond acceptors (Lipinski definition) is 4. The number of carbonyl (C=O) groups is 1. The Morgan fingerprint density at radius 1 is 1.37 bits per heavy atom. The molecule has 1 aromatic carbocycles. The average molecular weight is 267 g/mol. The van der Waals surface area contributed by atoms with Gasteiger partial charge in [0.15, 0.2) is 11.5 Å². The minimum Gasteiger partial charge on any atom is -0.493 e. The van der Waals surface area contributed by atoms with Crippen molar-refractivity contribution in [2.75, 3.05) is 7.11 Å². The fourth-order valence-corrected chi connectivity index (χ4v) is 1.72. The molecule has 19 heavy (non-hydrogen) atoms. The average Bonchev–Trinajstić information content (AvgIpc) is 2.35. The predicted molar refractivity (Wildman–Crippen MR) is 72.6 cm³/mol. The third-order valence-electron chi connectivity index (χ3n) is 2.65. The van der Waals surface area contributed by atoms with Crippen LogP contribution in [-0.2, 0) is 4.79 Å². The van der Waals surface area contributed by atoms with Crippen LogP contribution in [0.1, 0.15) is 38.3 Å². The third kappa shape index (κ3) is 4.79. The zero-order chi connectivity index (χ0) is 14.4. The number of methoxy groups -OCH3 is 1. The van der Waals surface area contributed by atoms with Crippen LogP contribution in [0.25, 0.3) is 0 Å². The van der Waals surface area contributed by atoms with Crippen molar-refractivity contribution >= 4 is 5.97 Å². The van der Waals surface area contributed by atoms with Crippen molar-refractivity contribution in [2.45, 2.75) is 38.8 Å². The molecule has 1 rings (SSSR count). The summed E-state index contributed by atoms with van der Waals surface area (Å²) in [6, 6.07) is 5.11. The highest BCUT2D eigenvalue weighted by Gasteiger charge is 2.13. The van der Waals surface area contributed by atoms with Gasteiger partial charge in [-0.15, -0.1) is 0 Å². The number of carboxylic acids is 1. The van der Waals surface area contributed by atoms with Gasteiger partial charge in [-0.1, -0.05) is 6.07 Å². The summed E-state index contributed by atoms with van der Waals surface area (Å²) in [4.78, 5) is 10.5. The molecule has 0 bridgehead atoms. The summed E-state index contributed by atoms with van der Waals surface area (Å²) in [5.41, 5.74) is 6.82. The van der Waals surface area contributed by atoms with Crippen molar-refractivity contribution < 1.29 is 19.4 Å². The van der Waals surface area contributed by atoms with E-state index in [4.69, 9.17) is 20.3 Å². The minimum atomic E-state index is -0.845. The summed E-state index contributed by atoms with van der Waals surface area (Å²) >= 11 is 0. The zero-order valence-electron chi connectivity index (χ0n) is 11.6. The van der Waals surface area contributed by atoms with E-state index in [0.717, 1.165) is 5.56 Å². The first-order chi connectivity index (χ1) is 8.93. The first-order valence-corrected chi connectivity index (χ1v) is 6.26. The Balaban J connectivity index is 2.87. The second-order valence-corrected chi connectivity index (χ2v) is 4.62. The monoisotopic (exact) mass is 267 g/mol. The molecular formula is C14H21NO4. The van der Waals surface area contributed by atoms with Crippen LogP contribution in [-0.4, -0.2) is 24.3 Å². The second kappa shape index (κ2) is 6.99. The van der Waals surface area contributed by atoms with Crippen LogP contribution >= 0.6 is 0 Å². The van der Waals surface area contributed by atoms with E-state index in [1.54, 1.807) is 13.2 Å². The van der Waals surface area contributed by atoms with Crippen molar-refractivity contribution in [3.8, 4) is 11.5 Å². The van der Waals surface area contributed by atoms with Gasteiger partial charge in [0.1, 0.15) is 0 Å². The van der Waals surface area contributed by atoms with Gasteiger partial charge in [0.05, 0.1) is 13.2 Å². The SMILES string of the molecule is COc1ccc([C@H](N)CCC(=O)O)cc1OC(C)C. The van der Waals surface area contributed by atoms with Gasteiger partial charge in [0.2, 0.25) is 0 Å². The fraction of sp³-hybridized carbons (Fsp3) is 0.500. The number of aliphatic carboxylic acids is 1. The first kappa shape index (κ1) is 15.3. The summed E-state index contributed by atoms with van der Waals surface area (Å²) in [6.07, 6.45) is 0.468. The van der Waals surface area contributed by atoms with Gasteiger partial charge in [-0.25, -0.2) is 0 Å². The maximum atomic E-state index is 10.5. The lowest BCUT2D eigenvalue weighted by Crippen LogP contribution is -2.13. The lowest BCUT2D eigenvalue weighted by atomic mass is 10.0. The van der Waals surface area contributed by atoms with Gasteiger partial charge in [0, 0.05) is 12.5 Å². The van der Waals surface area contributed by atoms with Crippen LogP contribution in [0.3, 0.4) is 0 Å². The molecule has 0 aliphatic heterocycles. The second-order valence-electron chi connectivity index (χ2n) is 4.62. The smallest absolute Gasteiger partial charge is 0.303 e. The molecule has 0 fully saturated rings. The Morgan fingerprint density at radius 3 is 2.58 bits per heavy atom. The topological polar surface area (TPSA) is 81.8 Å². The summed E-state index contributed by atoms with van der Waals surface area (Å²) in [5.74, 6) is 0.422. The quantitative estimate of drug-likeness (QED) is 0.792. The summed E-state index contributed by atoms with van der Waals surface area (Å²) in [5, 5.41) is 8.66. The fourth-order valence-electron chi connectivity index (χ4n) is 1.72. The van der Waals surface area contributed by atoms with Gasteiger partial charge < -0.3 is 20.3 Å². The molecule has 0 unspecified atom stereocenters. The zero-order valence-corrected chi connectivity index (χ0v) is 11.6. The molecule has 0 saturated heterocycles. The van der Waals surface area contributed by atoms with Gasteiger partial charge >= 0.3 is 5.97 Å². The predicted octanol–water partition coefficient (Wildman–Crippen LogP) is 2.35. The van der Waals surface area contributed by atoms with E-state index >= 15 is 0 Å². The Labute approximate surface area is 113 Å². The number of hydrogen-bond donors (Lipinski definition) is 2. The van der Waals surface area contributed by atoms with Crippen molar-refractivity contribution in [1.82, 2.24) is 0 Å². The molecule has 0 saturated carbocycles. The number of benzene rings is 1.